The number of carbonyl (C=O) groups is 4. The van der Waals surface area contributed by atoms with Gasteiger partial charge in [0.15, 0.2) is 0 Å². The lowest BCUT2D eigenvalue weighted by Gasteiger charge is -2.13. The van der Waals surface area contributed by atoms with Gasteiger partial charge in [0.2, 0.25) is 5.91 Å². The molecule has 0 aliphatic carbocycles. The van der Waals surface area contributed by atoms with Gasteiger partial charge in [-0.2, -0.15) is 0 Å². The van der Waals surface area contributed by atoms with Crippen molar-refractivity contribution in [3.8, 4) is 5.75 Å². The van der Waals surface area contributed by atoms with Crippen molar-refractivity contribution in [2.75, 3.05) is 18.5 Å². The Morgan fingerprint density at radius 3 is 2.52 bits per heavy atom. The first-order valence-electron chi connectivity index (χ1n) is 12.4. The molecular formula is C29H22BrCl3N2O6S. The molecule has 3 amide bonds. The third-order valence-corrected chi connectivity index (χ3v) is 8.18. The highest BCUT2D eigenvalue weighted by atomic mass is 79.9. The van der Waals surface area contributed by atoms with Gasteiger partial charge in [-0.1, -0.05) is 53.9 Å². The Morgan fingerprint density at radius 2 is 1.81 bits per heavy atom. The van der Waals surface area contributed by atoms with Crippen LogP contribution in [0.5, 0.6) is 5.75 Å². The van der Waals surface area contributed by atoms with Crippen molar-refractivity contribution in [2.45, 2.75) is 20.0 Å². The minimum atomic E-state index is -0.626. The average molecular weight is 713 g/mol. The number of anilines is 1. The third kappa shape index (κ3) is 8.08. The molecule has 1 saturated heterocycles. The summed E-state index contributed by atoms with van der Waals surface area (Å²) in [6.45, 7) is 1.80. The topological polar surface area (TPSA) is 102 Å². The van der Waals surface area contributed by atoms with Crippen LogP contribution in [0.4, 0.5) is 10.5 Å². The fraction of sp³-hybridized carbons (Fsp3) is 0.172. The molecule has 42 heavy (non-hydrogen) atoms. The van der Waals surface area contributed by atoms with Crippen LogP contribution >= 0.6 is 62.5 Å². The molecule has 1 fully saturated rings. The zero-order valence-corrected chi connectivity index (χ0v) is 26.6. The van der Waals surface area contributed by atoms with Gasteiger partial charge in [-0.25, -0.2) is 4.79 Å². The predicted molar refractivity (Wildman–Crippen MR) is 168 cm³/mol. The smallest absolute Gasteiger partial charge is 0.339 e. The number of ether oxygens (including phenoxy) is 2. The van der Waals surface area contributed by atoms with Crippen LogP contribution in [-0.4, -0.2) is 41.1 Å². The van der Waals surface area contributed by atoms with Crippen LogP contribution in [0.15, 0.2) is 64.0 Å². The van der Waals surface area contributed by atoms with Crippen LogP contribution in [0.25, 0.3) is 6.08 Å². The fourth-order valence-electron chi connectivity index (χ4n) is 3.68. The maximum absolute atomic E-state index is 13.0. The highest BCUT2D eigenvalue weighted by Gasteiger charge is 2.36. The van der Waals surface area contributed by atoms with Gasteiger partial charge < -0.3 is 14.8 Å². The van der Waals surface area contributed by atoms with E-state index in [0.29, 0.717) is 32.3 Å². The molecule has 0 saturated carbocycles. The number of esters is 1. The van der Waals surface area contributed by atoms with Crippen molar-refractivity contribution in [1.82, 2.24) is 4.90 Å². The quantitative estimate of drug-likeness (QED) is 0.167. The van der Waals surface area contributed by atoms with Crippen molar-refractivity contribution in [2.24, 2.45) is 0 Å². The van der Waals surface area contributed by atoms with Crippen LogP contribution in [0.1, 0.15) is 34.8 Å². The molecule has 1 aliphatic heterocycles. The molecular weight excluding hydrogens is 691 g/mol. The summed E-state index contributed by atoms with van der Waals surface area (Å²) in [5.74, 6) is -1.30. The van der Waals surface area contributed by atoms with Crippen LogP contribution in [-0.2, 0) is 20.9 Å². The second-order valence-electron chi connectivity index (χ2n) is 8.86. The zero-order chi connectivity index (χ0) is 30.4. The standard InChI is InChI=1S/C29H22BrCl3N2O6S/c1-2-9-40-28(38)20-13-19(6-7-22(20)32)34-26(36)14-35-27(37)25(42-29(35)39)11-16-3-8-24(21(30)10-16)41-15-17-4-5-18(31)12-23(17)33/h3-8,10-13H,2,9,14-15H2,1H3,(H,34,36)/b25-11+. The largest absolute Gasteiger partial charge is 0.488 e. The van der Waals surface area contributed by atoms with Crippen LogP contribution < -0.4 is 10.1 Å². The normalized spacial score (nSPS) is 13.9. The number of nitrogens with zero attached hydrogens (tertiary/aromatic N) is 1. The fourth-order valence-corrected chi connectivity index (χ4v) is 5.69. The Labute approximate surface area is 269 Å². The summed E-state index contributed by atoms with van der Waals surface area (Å²) in [4.78, 5) is 51.4. The molecule has 4 rings (SSSR count). The number of thioether (sulfide) groups is 1. The van der Waals surface area contributed by atoms with Crippen LogP contribution in [0.3, 0.4) is 0 Å². The summed E-state index contributed by atoms with van der Waals surface area (Å²) in [5, 5.41) is 3.19. The van der Waals surface area contributed by atoms with Crippen molar-refractivity contribution >= 4 is 97.3 Å². The molecule has 0 unspecified atom stereocenters. The predicted octanol–water partition coefficient (Wildman–Crippen LogP) is 8.23. The van der Waals surface area contributed by atoms with Crippen molar-refractivity contribution < 1.29 is 28.7 Å². The average Bonchev–Trinajstić information content (AvgIpc) is 3.20. The summed E-state index contributed by atoms with van der Waals surface area (Å²) in [6, 6.07) is 14.6. The second kappa shape index (κ2) is 14.4. The molecule has 0 radical (unpaired) electrons. The molecule has 0 bridgehead atoms. The molecule has 1 heterocycles. The van der Waals surface area contributed by atoms with E-state index in [1.165, 1.54) is 18.2 Å². The first kappa shape index (κ1) is 31.9. The van der Waals surface area contributed by atoms with E-state index in [-0.39, 0.29) is 34.4 Å². The van der Waals surface area contributed by atoms with Gasteiger partial charge in [0.05, 0.1) is 26.6 Å². The van der Waals surface area contributed by atoms with Crippen molar-refractivity contribution in [3.63, 3.8) is 0 Å². The number of amides is 3. The highest BCUT2D eigenvalue weighted by molar-refractivity contribution is 9.10. The van der Waals surface area contributed by atoms with E-state index >= 15 is 0 Å². The number of halogens is 4. The maximum atomic E-state index is 13.0. The SMILES string of the molecule is CCCOC(=O)c1cc(NC(=O)CN2C(=O)S/C(=C/c3ccc(OCc4ccc(Cl)cc4Cl)c(Br)c3)C2=O)ccc1Cl. The number of hydrogen-bond donors (Lipinski definition) is 1. The molecule has 0 spiro atoms. The van der Waals surface area contributed by atoms with Gasteiger partial charge in [0.1, 0.15) is 18.9 Å². The Hall–Kier alpha value is -3.02. The van der Waals surface area contributed by atoms with Crippen LogP contribution in [0.2, 0.25) is 15.1 Å². The molecule has 1 aliphatic rings. The van der Waals surface area contributed by atoms with E-state index in [0.717, 1.165) is 22.2 Å². The van der Waals surface area contributed by atoms with Gasteiger partial charge >= 0.3 is 5.97 Å². The Bertz CT molecular complexity index is 1600. The number of hydrogen-bond acceptors (Lipinski definition) is 7. The second-order valence-corrected chi connectivity index (χ2v) is 12.0. The minimum Gasteiger partial charge on any atom is -0.488 e. The Morgan fingerprint density at radius 1 is 1.02 bits per heavy atom. The summed E-state index contributed by atoms with van der Waals surface area (Å²) in [5.41, 5.74) is 1.76. The number of carbonyl (C=O) groups excluding carboxylic acids is 4. The van der Waals surface area contributed by atoms with Crippen molar-refractivity contribution in [1.29, 1.82) is 0 Å². The molecule has 0 atom stereocenters. The third-order valence-electron chi connectivity index (χ3n) is 5.73. The van der Waals surface area contributed by atoms with Gasteiger partial charge in [-0.05, 0) is 88.2 Å². The molecule has 13 heteroatoms. The van der Waals surface area contributed by atoms with E-state index in [2.05, 4.69) is 21.2 Å². The van der Waals surface area contributed by atoms with E-state index in [4.69, 9.17) is 44.3 Å². The zero-order valence-electron chi connectivity index (χ0n) is 21.9. The van der Waals surface area contributed by atoms with E-state index < -0.39 is 29.6 Å². The van der Waals surface area contributed by atoms with Gasteiger partial charge in [-0.3, -0.25) is 19.3 Å². The van der Waals surface area contributed by atoms with Gasteiger partial charge in [0.25, 0.3) is 11.1 Å². The molecule has 3 aromatic carbocycles. The lowest BCUT2D eigenvalue weighted by atomic mass is 10.2. The van der Waals surface area contributed by atoms with Gasteiger partial charge in [0, 0.05) is 21.3 Å². The summed E-state index contributed by atoms with van der Waals surface area (Å²) >= 11 is 22.4. The highest BCUT2D eigenvalue weighted by Crippen LogP contribution is 2.34. The Kier molecular flexibility index (Phi) is 11.0. The number of imide groups is 1. The number of benzene rings is 3. The van der Waals surface area contributed by atoms with Crippen molar-refractivity contribution in [3.05, 3.63) is 95.7 Å². The lowest BCUT2D eigenvalue weighted by molar-refractivity contribution is -0.127. The summed E-state index contributed by atoms with van der Waals surface area (Å²) in [7, 11) is 0. The maximum Gasteiger partial charge on any atom is 0.339 e. The lowest BCUT2D eigenvalue weighted by Crippen LogP contribution is -2.36. The first-order valence-corrected chi connectivity index (χ1v) is 15.2. The monoisotopic (exact) mass is 710 g/mol. The minimum absolute atomic E-state index is 0.0911. The molecule has 218 valence electrons. The Balaban J connectivity index is 1.38. The van der Waals surface area contributed by atoms with E-state index in [9.17, 15) is 19.2 Å². The van der Waals surface area contributed by atoms with Gasteiger partial charge in [-0.15, -0.1) is 0 Å². The number of nitrogens with one attached hydrogen (secondary N) is 1. The first-order chi connectivity index (χ1) is 20.0. The molecule has 8 nitrogen and oxygen atoms in total. The van der Waals surface area contributed by atoms with E-state index in [1.807, 2.05) is 6.92 Å². The molecule has 1 N–H and O–H groups in total. The molecule has 3 aromatic rings. The van der Waals surface area contributed by atoms with Crippen LogP contribution in [0, 0.1) is 0 Å². The summed E-state index contributed by atoms with van der Waals surface area (Å²) in [6.07, 6.45) is 2.20. The van der Waals surface area contributed by atoms with E-state index in [1.54, 1.807) is 42.5 Å². The summed E-state index contributed by atoms with van der Waals surface area (Å²) < 4.78 is 11.6. The number of rotatable bonds is 10. The molecule has 0 aromatic heterocycles.